The van der Waals surface area contributed by atoms with Crippen LogP contribution in [0.25, 0.3) is 16.8 Å². The topological polar surface area (TPSA) is 38.8 Å². The molecule has 0 saturated carbocycles. The van der Waals surface area contributed by atoms with Gasteiger partial charge in [0, 0.05) is 25.2 Å². The van der Waals surface area contributed by atoms with Gasteiger partial charge in [0.1, 0.15) is 12.4 Å². The van der Waals surface area contributed by atoms with Gasteiger partial charge in [0.05, 0.1) is 13.2 Å². The van der Waals surface area contributed by atoms with E-state index >= 15 is 0 Å². The zero-order chi connectivity index (χ0) is 19.9. The van der Waals surface area contributed by atoms with E-state index in [1.165, 1.54) is 0 Å². The minimum absolute atomic E-state index is 0.00147. The lowest BCUT2D eigenvalue weighted by molar-refractivity contribution is 0.0322. The number of fused-ring (bicyclic) bond motifs is 1. The fourth-order valence-electron chi connectivity index (χ4n) is 3.40. The number of allylic oxidation sites excluding steroid dienone is 1. The third-order valence-corrected chi connectivity index (χ3v) is 5.12. The van der Waals surface area contributed by atoms with Crippen LogP contribution in [0.3, 0.4) is 0 Å². The van der Waals surface area contributed by atoms with E-state index in [0.717, 1.165) is 54.9 Å². The number of morpholine rings is 1. The van der Waals surface area contributed by atoms with Crippen LogP contribution in [0.4, 0.5) is 0 Å². The van der Waals surface area contributed by atoms with E-state index in [4.69, 9.17) is 9.47 Å². The molecule has 4 rings (SSSR count). The van der Waals surface area contributed by atoms with Gasteiger partial charge in [0.25, 0.3) is 0 Å². The van der Waals surface area contributed by atoms with Crippen molar-refractivity contribution in [3.63, 3.8) is 0 Å². The molecule has 0 N–H and O–H groups in total. The van der Waals surface area contributed by atoms with Crippen LogP contribution in [0.15, 0.2) is 72.8 Å². The fourth-order valence-corrected chi connectivity index (χ4v) is 3.40. The molecule has 0 atom stereocenters. The van der Waals surface area contributed by atoms with E-state index < -0.39 is 0 Å². The van der Waals surface area contributed by atoms with Gasteiger partial charge in [-0.2, -0.15) is 0 Å². The summed E-state index contributed by atoms with van der Waals surface area (Å²) < 4.78 is 11.2. The fraction of sp³-hybridized carbons (Fsp3) is 0.240. The SMILES string of the molecule is O=C(/C=C/c1ccc(OCCN2CCOCC2)cc1)c1ccc2ccccc2c1. The first-order chi connectivity index (χ1) is 14.3. The molecule has 1 aliphatic heterocycles. The highest BCUT2D eigenvalue weighted by Crippen LogP contribution is 2.17. The minimum atomic E-state index is 0.00147. The Morgan fingerprint density at radius 1 is 0.966 bits per heavy atom. The molecule has 0 aliphatic carbocycles. The van der Waals surface area contributed by atoms with Gasteiger partial charge in [-0.15, -0.1) is 0 Å². The van der Waals surface area contributed by atoms with Crippen molar-refractivity contribution >= 4 is 22.6 Å². The van der Waals surface area contributed by atoms with E-state index in [9.17, 15) is 4.79 Å². The third kappa shape index (κ3) is 5.31. The van der Waals surface area contributed by atoms with Crippen LogP contribution in [-0.2, 0) is 4.74 Å². The van der Waals surface area contributed by atoms with Crippen LogP contribution in [-0.4, -0.2) is 50.1 Å². The average molecular weight is 387 g/mol. The molecule has 1 fully saturated rings. The van der Waals surface area contributed by atoms with Crippen molar-refractivity contribution < 1.29 is 14.3 Å². The Hall–Kier alpha value is -2.95. The lowest BCUT2D eigenvalue weighted by Gasteiger charge is -2.26. The Morgan fingerprint density at radius 2 is 1.72 bits per heavy atom. The summed E-state index contributed by atoms with van der Waals surface area (Å²) in [5, 5.41) is 2.21. The zero-order valence-electron chi connectivity index (χ0n) is 16.4. The monoisotopic (exact) mass is 387 g/mol. The van der Waals surface area contributed by atoms with Gasteiger partial charge in [-0.1, -0.05) is 54.6 Å². The maximum Gasteiger partial charge on any atom is 0.185 e. The highest BCUT2D eigenvalue weighted by atomic mass is 16.5. The second kappa shape index (κ2) is 9.50. The first-order valence-corrected chi connectivity index (χ1v) is 10.0. The largest absolute Gasteiger partial charge is 0.492 e. The summed E-state index contributed by atoms with van der Waals surface area (Å²) >= 11 is 0. The molecule has 1 aliphatic rings. The number of carbonyl (C=O) groups excluding carboxylic acids is 1. The predicted molar refractivity (Wildman–Crippen MR) is 117 cm³/mol. The van der Waals surface area contributed by atoms with Gasteiger partial charge in [-0.05, 0) is 40.6 Å². The van der Waals surface area contributed by atoms with E-state index in [0.29, 0.717) is 12.2 Å². The number of ketones is 1. The number of ether oxygens (including phenoxy) is 2. The van der Waals surface area contributed by atoms with Crippen LogP contribution in [0, 0.1) is 0 Å². The maximum absolute atomic E-state index is 12.5. The molecular formula is C25H25NO3. The number of hydrogen-bond donors (Lipinski definition) is 0. The first kappa shape index (κ1) is 19.4. The number of benzene rings is 3. The van der Waals surface area contributed by atoms with Crippen LogP contribution < -0.4 is 4.74 Å². The Morgan fingerprint density at radius 3 is 2.52 bits per heavy atom. The van der Waals surface area contributed by atoms with Crippen molar-refractivity contribution in [2.45, 2.75) is 0 Å². The standard InChI is InChI=1S/C25H25NO3/c27-25(23-9-8-21-3-1-2-4-22(21)19-23)12-7-20-5-10-24(11-6-20)29-18-15-26-13-16-28-17-14-26/h1-12,19H,13-18H2/b12-7+. The van der Waals surface area contributed by atoms with Crippen molar-refractivity contribution in [3.8, 4) is 5.75 Å². The molecule has 4 heteroatoms. The van der Waals surface area contributed by atoms with Gasteiger partial charge in [-0.25, -0.2) is 0 Å². The molecule has 0 radical (unpaired) electrons. The van der Waals surface area contributed by atoms with Crippen molar-refractivity contribution in [1.82, 2.24) is 4.90 Å². The van der Waals surface area contributed by atoms with E-state index in [1.807, 2.05) is 72.8 Å². The summed E-state index contributed by atoms with van der Waals surface area (Å²) in [6.07, 6.45) is 3.47. The van der Waals surface area contributed by atoms with Crippen molar-refractivity contribution in [2.75, 3.05) is 39.5 Å². The summed E-state index contributed by atoms with van der Waals surface area (Å²) in [5.41, 5.74) is 1.67. The number of hydrogen-bond acceptors (Lipinski definition) is 4. The molecule has 3 aromatic carbocycles. The van der Waals surface area contributed by atoms with Gasteiger partial charge in [0.2, 0.25) is 0 Å². The molecule has 3 aromatic rings. The summed E-state index contributed by atoms with van der Waals surface area (Å²) in [5.74, 6) is 0.845. The highest BCUT2D eigenvalue weighted by Gasteiger charge is 2.09. The Balaban J connectivity index is 1.31. The molecule has 0 bridgehead atoms. The Kier molecular flexibility index (Phi) is 6.35. The average Bonchev–Trinajstić information content (AvgIpc) is 2.79. The van der Waals surface area contributed by atoms with E-state index in [1.54, 1.807) is 6.08 Å². The molecule has 0 aromatic heterocycles. The number of rotatable bonds is 7. The van der Waals surface area contributed by atoms with Crippen LogP contribution in [0.1, 0.15) is 15.9 Å². The molecule has 29 heavy (non-hydrogen) atoms. The van der Waals surface area contributed by atoms with E-state index in [2.05, 4.69) is 4.90 Å². The maximum atomic E-state index is 12.5. The van der Waals surface area contributed by atoms with Gasteiger partial charge in [0.15, 0.2) is 5.78 Å². The van der Waals surface area contributed by atoms with E-state index in [-0.39, 0.29) is 5.78 Å². The van der Waals surface area contributed by atoms with Gasteiger partial charge >= 0.3 is 0 Å². The summed E-state index contributed by atoms with van der Waals surface area (Å²) in [4.78, 5) is 14.8. The second-order valence-electron chi connectivity index (χ2n) is 7.13. The zero-order valence-corrected chi connectivity index (χ0v) is 16.4. The van der Waals surface area contributed by atoms with Gasteiger partial charge in [-0.3, -0.25) is 9.69 Å². The lowest BCUT2D eigenvalue weighted by Crippen LogP contribution is -2.38. The first-order valence-electron chi connectivity index (χ1n) is 10.0. The Bertz CT molecular complexity index is 988. The smallest absolute Gasteiger partial charge is 0.185 e. The normalized spacial score (nSPS) is 15.0. The molecular weight excluding hydrogens is 362 g/mol. The molecule has 1 saturated heterocycles. The Labute approximate surface area is 171 Å². The summed E-state index contributed by atoms with van der Waals surface area (Å²) in [6, 6.07) is 21.7. The quantitative estimate of drug-likeness (QED) is 0.444. The van der Waals surface area contributed by atoms with Crippen LogP contribution in [0.5, 0.6) is 5.75 Å². The predicted octanol–water partition coefficient (Wildman–Crippen LogP) is 4.45. The molecule has 1 heterocycles. The minimum Gasteiger partial charge on any atom is -0.492 e. The number of nitrogens with zero attached hydrogens (tertiary/aromatic N) is 1. The highest BCUT2D eigenvalue weighted by molar-refractivity contribution is 6.08. The molecule has 0 amide bonds. The molecule has 0 unspecified atom stereocenters. The summed E-state index contributed by atoms with van der Waals surface area (Å²) in [7, 11) is 0. The van der Waals surface area contributed by atoms with Crippen LogP contribution in [0.2, 0.25) is 0 Å². The van der Waals surface area contributed by atoms with Crippen molar-refractivity contribution in [1.29, 1.82) is 0 Å². The van der Waals surface area contributed by atoms with Crippen LogP contribution >= 0.6 is 0 Å². The van der Waals surface area contributed by atoms with Crippen molar-refractivity contribution in [3.05, 3.63) is 83.9 Å². The number of carbonyl (C=O) groups is 1. The molecule has 0 spiro atoms. The molecule has 148 valence electrons. The summed E-state index contributed by atoms with van der Waals surface area (Å²) in [6.45, 7) is 5.12. The second-order valence-corrected chi connectivity index (χ2v) is 7.13. The lowest BCUT2D eigenvalue weighted by atomic mass is 10.0. The molecule has 4 nitrogen and oxygen atoms in total. The van der Waals surface area contributed by atoms with Crippen molar-refractivity contribution in [2.24, 2.45) is 0 Å². The van der Waals surface area contributed by atoms with Gasteiger partial charge < -0.3 is 9.47 Å². The third-order valence-electron chi connectivity index (χ3n) is 5.12.